The predicted molar refractivity (Wildman–Crippen MR) is 167 cm³/mol. The van der Waals surface area contributed by atoms with Crippen LogP contribution in [0.25, 0.3) is 16.6 Å². The Morgan fingerprint density at radius 2 is 1.80 bits per heavy atom. The minimum absolute atomic E-state index is 0.113. The number of alkyl halides is 3. The van der Waals surface area contributed by atoms with Gasteiger partial charge in [-0.3, -0.25) is 0 Å². The van der Waals surface area contributed by atoms with E-state index in [-0.39, 0.29) is 24.5 Å². The maximum absolute atomic E-state index is 14.0. The van der Waals surface area contributed by atoms with Crippen LogP contribution in [0.15, 0.2) is 79.4 Å². The molecule has 234 valence electrons. The number of benzene rings is 3. The van der Waals surface area contributed by atoms with E-state index in [0.29, 0.717) is 51.0 Å². The third-order valence-electron chi connectivity index (χ3n) is 7.73. The Labute approximate surface area is 262 Å². The standard InChI is InChI=1S/C33H31ClF4N6O/c34-29-15-25(6-9-31(29)45-20-22-4-3-5-24(35)14-22)42-32-27-16-26(7-8-30(27)40-21-41-32)44-18-23(28(19-44)33(36,37)38)17-39-10-13-43-11-1-2-12-43/h3-9,14-16,18-19,21,39H,1-2,10-13,17,20H2,(H,40,41,42). The summed E-state index contributed by atoms with van der Waals surface area (Å²) in [6.45, 7) is 3.78. The van der Waals surface area contributed by atoms with E-state index in [9.17, 15) is 17.6 Å². The van der Waals surface area contributed by atoms with Crippen molar-refractivity contribution < 1.29 is 22.3 Å². The van der Waals surface area contributed by atoms with Crippen LogP contribution in [0, 0.1) is 5.82 Å². The first kappa shape index (κ1) is 30.8. The Kier molecular flexibility index (Phi) is 9.20. The van der Waals surface area contributed by atoms with Gasteiger partial charge < -0.3 is 24.8 Å². The molecular formula is C33H31ClF4N6O. The number of anilines is 2. The zero-order valence-electron chi connectivity index (χ0n) is 24.2. The molecule has 2 N–H and O–H groups in total. The van der Waals surface area contributed by atoms with Gasteiger partial charge >= 0.3 is 6.18 Å². The number of likely N-dealkylation sites (tertiary alicyclic amines) is 1. The zero-order valence-corrected chi connectivity index (χ0v) is 25.0. The Morgan fingerprint density at radius 3 is 2.58 bits per heavy atom. The van der Waals surface area contributed by atoms with Gasteiger partial charge in [0, 0.05) is 48.8 Å². The molecule has 6 rings (SSSR count). The molecule has 1 aliphatic rings. The fraction of sp³-hybridized carbons (Fsp3) is 0.273. The van der Waals surface area contributed by atoms with Gasteiger partial charge in [0.2, 0.25) is 0 Å². The van der Waals surface area contributed by atoms with E-state index < -0.39 is 11.7 Å². The lowest BCUT2D eigenvalue weighted by atomic mass is 10.2. The molecule has 5 aromatic rings. The van der Waals surface area contributed by atoms with Crippen LogP contribution in [-0.4, -0.2) is 45.6 Å². The summed E-state index contributed by atoms with van der Waals surface area (Å²) in [5.74, 6) is 0.536. The van der Waals surface area contributed by atoms with Crippen molar-refractivity contribution in [2.75, 3.05) is 31.5 Å². The summed E-state index contributed by atoms with van der Waals surface area (Å²) < 4.78 is 62.7. The molecule has 12 heteroatoms. The van der Waals surface area contributed by atoms with Gasteiger partial charge in [-0.05, 0) is 85.6 Å². The molecule has 0 radical (unpaired) electrons. The van der Waals surface area contributed by atoms with Gasteiger partial charge in [0.25, 0.3) is 0 Å². The number of aromatic nitrogens is 3. The molecule has 0 unspecified atom stereocenters. The molecule has 0 amide bonds. The molecular weight excluding hydrogens is 608 g/mol. The summed E-state index contributed by atoms with van der Waals surface area (Å²) in [5, 5.41) is 7.36. The van der Waals surface area contributed by atoms with E-state index in [0.717, 1.165) is 25.8 Å². The van der Waals surface area contributed by atoms with Crippen molar-refractivity contribution in [1.29, 1.82) is 0 Å². The van der Waals surface area contributed by atoms with E-state index in [4.69, 9.17) is 16.3 Å². The van der Waals surface area contributed by atoms with Crippen LogP contribution in [0.1, 0.15) is 29.5 Å². The Bertz CT molecular complexity index is 1790. The summed E-state index contributed by atoms with van der Waals surface area (Å²) in [7, 11) is 0. The monoisotopic (exact) mass is 638 g/mol. The van der Waals surface area contributed by atoms with E-state index in [1.54, 1.807) is 48.5 Å². The molecule has 0 atom stereocenters. The number of nitrogens with zero attached hydrogens (tertiary/aromatic N) is 4. The van der Waals surface area contributed by atoms with E-state index in [1.165, 1.54) is 42.1 Å². The summed E-state index contributed by atoms with van der Waals surface area (Å²) in [4.78, 5) is 11.0. The fourth-order valence-electron chi connectivity index (χ4n) is 5.43. The fourth-order valence-corrected chi connectivity index (χ4v) is 5.67. The van der Waals surface area contributed by atoms with E-state index in [1.807, 2.05) is 0 Å². The summed E-state index contributed by atoms with van der Waals surface area (Å²) in [6.07, 6.45) is 1.90. The number of fused-ring (bicyclic) bond motifs is 1. The largest absolute Gasteiger partial charge is 0.487 e. The summed E-state index contributed by atoms with van der Waals surface area (Å²) >= 11 is 6.47. The SMILES string of the molecule is Fc1cccc(COc2ccc(Nc3ncnc4ccc(-n5cc(CNCCN6CCCC6)c(C(F)(F)F)c5)cc34)cc2Cl)c1. The van der Waals surface area contributed by atoms with Crippen molar-refractivity contribution in [2.24, 2.45) is 0 Å². The Morgan fingerprint density at radius 1 is 0.956 bits per heavy atom. The van der Waals surface area contributed by atoms with Gasteiger partial charge in [0.15, 0.2) is 0 Å². The first-order valence-electron chi connectivity index (χ1n) is 14.6. The highest BCUT2D eigenvalue weighted by Gasteiger charge is 2.35. The smallest absolute Gasteiger partial charge is 0.418 e. The molecule has 0 saturated carbocycles. The first-order chi connectivity index (χ1) is 21.7. The van der Waals surface area contributed by atoms with Gasteiger partial charge in [-0.25, -0.2) is 14.4 Å². The summed E-state index contributed by atoms with van der Waals surface area (Å²) in [6, 6.07) is 16.5. The Hall–Kier alpha value is -4.19. The maximum Gasteiger partial charge on any atom is 0.418 e. The predicted octanol–water partition coefficient (Wildman–Crippen LogP) is 7.74. The van der Waals surface area contributed by atoms with Crippen molar-refractivity contribution in [3.8, 4) is 11.4 Å². The second-order valence-corrected chi connectivity index (χ2v) is 11.3. The zero-order chi connectivity index (χ0) is 31.4. The number of halogens is 5. The summed E-state index contributed by atoms with van der Waals surface area (Å²) in [5.41, 5.74) is 1.94. The lowest BCUT2D eigenvalue weighted by molar-refractivity contribution is -0.138. The van der Waals surface area contributed by atoms with Gasteiger partial charge in [0.1, 0.15) is 30.3 Å². The third-order valence-corrected chi connectivity index (χ3v) is 8.02. The molecule has 2 aromatic heterocycles. The molecule has 3 heterocycles. The normalized spacial score (nSPS) is 13.9. The number of ether oxygens (including phenoxy) is 1. The first-order valence-corrected chi connectivity index (χ1v) is 15.0. The van der Waals surface area contributed by atoms with Crippen molar-refractivity contribution in [3.05, 3.63) is 107 Å². The van der Waals surface area contributed by atoms with Crippen molar-refractivity contribution in [3.63, 3.8) is 0 Å². The van der Waals surface area contributed by atoms with E-state index >= 15 is 0 Å². The van der Waals surface area contributed by atoms with Crippen molar-refractivity contribution in [2.45, 2.75) is 32.2 Å². The molecule has 45 heavy (non-hydrogen) atoms. The lowest BCUT2D eigenvalue weighted by Gasteiger charge is -2.15. The molecule has 0 aliphatic carbocycles. The number of hydrogen-bond acceptors (Lipinski definition) is 6. The highest BCUT2D eigenvalue weighted by molar-refractivity contribution is 6.32. The number of hydrogen-bond donors (Lipinski definition) is 2. The quantitative estimate of drug-likeness (QED) is 0.114. The lowest BCUT2D eigenvalue weighted by Crippen LogP contribution is -2.30. The second-order valence-electron chi connectivity index (χ2n) is 10.9. The van der Waals surface area contributed by atoms with Crippen LogP contribution in [0.3, 0.4) is 0 Å². The average molecular weight is 639 g/mol. The van der Waals surface area contributed by atoms with Gasteiger partial charge in [-0.2, -0.15) is 13.2 Å². The van der Waals surface area contributed by atoms with Crippen LogP contribution in [0.2, 0.25) is 5.02 Å². The van der Waals surface area contributed by atoms with Crippen LogP contribution in [-0.2, 0) is 19.3 Å². The van der Waals surface area contributed by atoms with Crippen molar-refractivity contribution in [1.82, 2.24) is 24.8 Å². The number of rotatable bonds is 11. The molecule has 1 fully saturated rings. The molecule has 1 saturated heterocycles. The highest BCUT2D eigenvalue weighted by atomic mass is 35.5. The molecule has 3 aromatic carbocycles. The molecule has 7 nitrogen and oxygen atoms in total. The maximum atomic E-state index is 14.0. The topological polar surface area (TPSA) is 67.2 Å². The second kappa shape index (κ2) is 13.4. The third kappa shape index (κ3) is 7.55. The van der Waals surface area contributed by atoms with E-state index in [2.05, 4.69) is 25.5 Å². The van der Waals surface area contributed by atoms with Gasteiger partial charge in [-0.15, -0.1) is 0 Å². The van der Waals surface area contributed by atoms with Gasteiger partial charge in [0.05, 0.1) is 16.1 Å². The minimum Gasteiger partial charge on any atom is -0.487 e. The van der Waals surface area contributed by atoms with Gasteiger partial charge in [-0.1, -0.05) is 23.7 Å². The average Bonchev–Trinajstić information content (AvgIpc) is 3.70. The Balaban J connectivity index is 1.19. The molecule has 0 bridgehead atoms. The molecule has 0 spiro atoms. The van der Waals surface area contributed by atoms with Crippen LogP contribution in [0.4, 0.5) is 29.1 Å². The van der Waals surface area contributed by atoms with Crippen LogP contribution in [0.5, 0.6) is 5.75 Å². The molecule has 1 aliphatic heterocycles. The van der Waals surface area contributed by atoms with Crippen LogP contribution >= 0.6 is 11.6 Å². The minimum atomic E-state index is -4.49. The highest BCUT2D eigenvalue weighted by Crippen LogP contribution is 2.35. The van der Waals surface area contributed by atoms with Crippen LogP contribution < -0.4 is 15.4 Å². The number of nitrogens with one attached hydrogen (secondary N) is 2. The van der Waals surface area contributed by atoms with Crippen molar-refractivity contribution >= 4 is 34.0 Å².